The minimum Gasteiger partial charge on any atom is -0.347 e. The monoisotopic (exact) mass is 338 g/mol. The van der Waals surface area contributed by atoms with Gasteiger partial charge in [-0.1, -0.05) is 26.7 Å². The van der Waals surface area contributed by atoms with E-state index in [-0.39, 0.29) is 5.79 Å². The first-order chi connectivity index (χ1) is 11.6. The molecule has 138 valence electrons. The van der Waals surface area contributed by atoms with Gasteiger partial charge >= 0.3 is 0 Å². The molecule has 0 aromatic heterocycles. The summed E-state index contributed by atoms with van der Waals surface area (Å²) in [4.78, 5) is 17.3. The van der Waals surface area contributed by atoms with E-state index in [2.05, 4.69) is 18.7 Å². The van der Waals surface area contributed by atoms with E-state index >= 15 is 0 Å². The highest BCUT2D eigenvalue weighted by molar-refractivity contribution is 5.78. The van der Waals surface area contributed by atoms with Crippen LogP contribution in [0.3, 0.4) is 0 Å². The van der Waals surface area contributed by atoms with Crippen LogP contribution in [0.5, 0.6) is 0 Å². The fraction of sp³-hybridized carbons (Fsp3) is 0.947. The van der Waals surface area contributed by atoms with Crippen LogP contribution in [0.15, 0.2) is 0 Å². The summed E-state index contributed by atoms with van der Waals surface area (Å²) >= 11 is 0. The molecule has 0 unspecified atom stereocenters. The first kappa shape index (κ1) is 18.2. The number of amides is 1. The van der Waals surface area contributed by atoms with E-state index in [9.17, 15) is 4.79 Å². The summed E-state index contributed by atoms with van der Waals surface area (Å²) in [5.74, 6) is 0.593. The Morgan fingerprint density at radius 3 is 2.46 bits per heavy atom. The number of likely N-dealkylation sites (tertiary alicyclic amines) is 2. The van der Waals surface area contributed by atoms with E-state index in [1.54, 1.807) is 0 Å². The fourth-order valence-corrected chi connectivity index (χ4v) is 4.41. The molecular formula is C19H34N2O3. The van der Waals surface area contributed by atoms with Gasteiger partial charge in [0.15, 0.2) is 5.79 Å². The van der Waals surface area contributed by atoms with Crippen LogP contribution in [0.25, 0.3) is 0 Å². The lowest BCUT2D eigenvalue weighted by molar-refractivity contribution is -0.187. The first-order valence-corrected chi connectivity index (χ1v) is 9.88. The van der Waals surface area contributed by atoms with Gasteiger partial charge in [0, 0.05) is 32.0 Å². The molecule has 3 rings (SSSR count). The molecule has 24 heavy (non-hydrogen) atoms. The zero-order valence-corrected chi connectivity index (χ0v) is 15.5. The largest absolute Gasteiger partial charge is 0.347 e. The Morgan fingerprint density at radius 2 is 1.79 bits per heavy atom. The van der Waals surface area contributed by atoms with Gasteiger partial charge in [0.05, 0.1) is 19.8 Å². The van der Waals surface area contributed by atoms with Crippen LogP contribution in [-0.2, 0) is 14.3 Å². The third-order valence-corrected chi connectivity index (χ3v) is 5.77. The molecule has 3 aliphatic heterocycles. The second-order valence-electron chi connectivity index (χ2n) is 8.09. The zero-order chi connectivity index (χ0) is 17.0. The predicted octanol–water partition coefficient (Wildman–Crippen LogP) is 2.64. The highest BCUT2D eigenvalue weighted by Gasteiger charge is 2.41. The van der Waals surface area contributed by atoms with Gasteiger partial charge in [-0.3, -0.25) is 9.69 Å². The molecule has 0 saturated carbocycles. The quantitative estimate of drug-likeness (QED) is 0.790. The summed E-state index contributed by atoms with van der Waals surface area (Å²) in [7, 11) is 0. The van der Waals surface area contributed by atoms with Crippen molar-refractivity contribution in [2.45, 2.75) is 70.6 Å². The van der Waals surface area contributed by atoms with E-state index in [0.29, 0.717) is 37.6 Å². The number of carbonyl (C=O) groups excluding carboxylic acids is 1. The van der Waals surface area contributed by atoms with Crippen LogP contribution >= 0.6 is 0 Å². The van der Waals surface area contributed by atoms with Crippen molar-refractivity contribution in [1.29, 1.82) is 0 Å². The van der Waals surface area contributed by atoms with Gasteiger partial charge in [-0.15, -0.1) is 0 Å². The van der Waals surface area contributed by atoms with E-state index in [1.807, 2.05) is 4.90 Å². The molecule has 0 aromatic carbocycles. The molecule has 0 aliphatic carbocycles. The maximum absolute atomic E-state index is 12.8. The molecule has 1 spiro atoms. The maximum Gasteiger partial charge on any atom is 0.236 e. The van der Waals surface area contributed by atoms with Gasteiger partial charge in [-0.05, 0) is 31.7 Å². The lowest BCUT2D eigenvalue weighted by Gasteiger charge is -2.39. The third-order valence-electron chi connectivity index (χ3n) is 5.77. The minimum absolute atomic E-state index is 0.290. The van der Waals surface area contributed by atoms with E-state index in [1.165, 1.54) is 32.1 Å². The summed E-state index contributed by atoms with van der Waals surface area (Å²) in [5.41, 5.74) is 0. The van der Waals surface area contributed by atoms with Gasteiger partial charge in [-0.25, -0.2) is 0 Å². The lowest BCUT2D eigenvalue weighted by atomic mass is 9.98. The smallest absolute Gasteiger partial charge is 0.236 e. The van der Waals surface area contributed by atoms with Crippen LogP contribution in [0, 0.1) is 5.92 Å². The van der Waals surface area contributed by atoms with Crippen molar-refractivity contribution in [1.82, 2.24) is 9.80 Å². The molecule has 0 aromatic rings. The summed E-state index contributed by atoms with van der Waals surface area (Å²) in [6.07, 6.45) is 7.92. The number of ether oxygens (including phenoxy) is 2. The van der Waals surface area contributed by atoms with Crippen molar-refractivity contribution < 1.29 is 14.3 Å². The van der Waals surface area contributed by atoms with Crippen molar-refractivity contribution >= 4 is 5.91 Å². The fourth-order valence-electron chi connectivity index (χ4n) is 4.41. The molecule has 3 fully saturated rings. The molecule has 5 nitrogen and oxygen atoms in total. The number of carbonyl (C=O) groups is 1. The van der Waals surface area contributed by atoms with Gasteiger partial charge < -0.3 is 14.4 Å². The Hall–Kier alpha value is -0.650. The lowest BCUT2D eigenvalue weighted by Crippen LogP contribution is -2.51. The second-order valence-corrected chi connectivity index (χ2v) is 8.09. The summed E-state index contributed by atoms with van der Waals surface area (Å²) in [5, 5.41) is 0. The van der Waals surface area contributed by atoms with Crippen molar-refractivity contribution in [2.24, 2.45) is 5.92 Å². The van der Waals surface area contributed by atoms with Gasteiger partial charge in [0.25, 0.3) is 0 Å². The van der Waals surface area contributed by atoms with Crippen molar-refractivity contribution in [3.8, 4) is 0 Å². The van der Waals surface area contributed by atoms with Crippen molar-refractivity contribution in [2.75, 3.05) is 39.4 Å². The summed E-state index contributed by atoms with van der Waals surface area (Å²) < 4.78 is 11.5. The number of nitrogens with zero attached hydrogens (tertiary/aromatic N) is 2. The molecule has 3 heterocycles. The molecule has 3 saturated heterocycles. The molecule has 3 aliphatic rings. The average Bonchev–Trinajstić information content (AvgIpc) is 2.90. The van der Waals surface area contributed by atoms with E-state index in [0.717, 1.165) is 32.5 Å². The molecule has 5 heteroatoms. The topological polar surface area (TPSA) is 42.0 Å². The highest BCUT2D eigenvalue weighted by atomic mass is 16.7. The Balaban J connectivity index is 1.52. The SMILES string of the molecule is CC(C)C[C@@H]1CCCCCN1CC(=O)N1CCC2(CC1)OCCO2. The van der Waals surface area contributed by atoms with Gasteiger partial charge in [0.2, 0.25) is 5.91 Å². The normalized spacial score (nSPS) is 28.5. The molecule has 1 atom stereocenters. The van der Waals surface area contributed by atoms with Crippen LogP contribution in [0.2, 0.25) is 0 Å². The summed E-state index contributed by atoms with van der Waals surface area (Å²) in [6.45, 7) is 9.16. The maximum atomic E-state index is 12.8. The predicted molar refractivity (Wildman–Crippen MR) is 93.7 cm³/mol. The molecule has 0 bridgehead atoms. The first-order valence-electron chi connectivity index (χ1n) is 9.88. The highest BCUT2D eigenvalue weighted by Crippen LogP contribution is 2.31. The minimum atomic E-state index is -0.389. The Labute approximate surface area is 146 Å². The Bertz CT molecular complexity index is 411. The van der Waals surface area contributed by atoms with Crippen molar-refractivity contribution in [3.05, 3.63) is 0 Å². The van der Waals surface area contributed by atoms with E-state index in [4.69, 9.17) is 9.47 Å². The average molecular weight is 338 g/mol. The van der Waals surface area contributed by atoms with Gasteiger partial charge in [-0.2, -0.15) is 0 Å². The number of hydrogen-bond donors (Lipinski definition) is 0. The standard InChI is InChI=1S/C19H34N2O3/c1-16(2)14-17-6-4-3-5-9-21(17)15-18(22)20-10-7-19(8-11-20)23-12-13-24-19/h16-17H,3-15H2,1-2H3/t17-/m0/s1. The third kappa shape index (κ3) is 4.50. The second kappa shape index (κ2) is 8.15. The number of hydrogen-bond acceptors (Lipinski definition) is 4. The molecule has 1 amide bonds. The van der Waals surface area contributed by atoms with Gasteiger partial charge in [0.1, 0.15) is 0 Å². The Kier molecular flexibility index (Phi) is 6.17. The molecular weight excluding hydrogens is 304 g/mol. The molecule has 0 radical (unpaired) electrons. The van der Waals surface area contributed by atoms with Crippen LogP contribution in [0.4, 0.5) is 0 Å². The van der Waals surface area contributed by atoms with Crippen LogP contribution in [-0.4, -0.2) is 66.9 Å². The Morgan fingerprint density at radius 1 is 1.08 bits per heavy atom. The number of rotatable bonds is 4. The zero-order valence-electron chi connectivity index (χ0n) is 15.5. The molecule has 0 N–H and O–H groups in total. The van der Waals surface area contributed by atoms with Crippen molar-refractivity contribution in [3.63, 3.8) is 0 Å². The van der Waals surface area contributed by atoms with Crippen LogP contribution in [0.1, 0.15) is 58.8 Å². The van der Waals surface area contributed by atoms with Crippen LogP contribution < -0.4 is 0 Å². The summed E-state index contributed by atoms with van der Waals surface area (Å²) in [6, 6.07) is 0.578. The number of piperidine rings is 1. The van der Waals surface area contributed by atoms with E-state index < -0.39 is 0 Å².